The van der Waals surface area contributed by atoms with E-state index in [2.05, 4.69) is 11.7 Å². The van der Waals surface area contributed by atoms with E-state index < -0.39 is 23.7 Å². The fraction of sp³-hybridized carbons (Fsp3) is 0.500. The van der Waals surface area contributed by atoms with Gasteiger partial charge in [-0.3, -0.25) is 0 Å². The van der Waals surface area contributed by atoms with Gasteiger partial charge < -0.3 is 4.74 Å². The fourth-order valence-corrected chi connectivity index (χ4v) is 4.39. The standard InChI is InChI=1S/C24H27F5O/c1-2-16-6-8-17(9-7-16)4-3-5-18-14-21(25)23(22(26)15-18)19-10-12-20(13-11-19)30-24(27,28)29/h10-17H,2-9H2,1H3. The second-order valence-corrected chi connectivity index (χ2v) is 8.19. The minimum Gasteiger partial charge on any atom is -0.406 e. The highest BCUT2D eigenvalue weighted by molar-refractivity contribution is 5.66. The van der Waals surface area contributed by atoms with Gasteiger partial charge in [-0.15, -0.1) is 13.2 Å². The van der Waals surface area contributed by atoms with Crippen LogP contribution in [0.4, 0.5) is 22.0 Å². The zero-order valence-electron chi connectivity index (χ0n) is 17.1. The van der Waals surface area contributed by atoms with E-state index >= 15 is 0 Å². The average molecular weight is 426 g/mol. The van der Waals surface area contributed by atoms with Crippen molar-refractivity contribution in [1.82, 2.24) is 0 Å². The first-order valence-electron chi connectivity index (χ1n) is 10.6. The molecule has 2 aromatic carbocycles. The Labute approximate surface area is 174 Å². The fourth-order valence-electron chi connectivity index (χ4n) is 4.39. The number of ether oxygens (including phenoxy) is 1. The summed E-state index contributed by atoms with van der Waals surface area (Å²) < 4.78 is 69.7. The molecule has 0 amide bonds. The Morgan fingerprint density at radius 3 is 2.00 bits per heavy atom. The van der Waals surface area contributed by atoms with Gasteiger partial charge in [0.25, 0.3) is 0 Å². The van der Waals surface area contributed by atoms with Gasteiger partial charge in [-0.05, 0) is 60.1 Å². The molecule has 30 heavy (non-hydrogen) atoms. The monoisotopic (exact) mass is 426 g/mol. The van der Waals surface area contributed by atoms with E-state index in [1.165, 1.54) is 56.4 Å². The molecule has 0 atom stereocenters. The summed E-state index contributed by atoms with van der Waals surface area (Å²) in [6, 6.07) is 7.18. The van der Waals surface area contributed by atoms with Crippen LogP contribution in [0.5, 0.6) is 5.75 Å². The molecule has 0 unspecified atom stereocenters. The first-order chi connectivity index (χ1) is 14.2. The van der Waals surface area contributed by atoms with Gasteiger partial charge in [0, 0.05) is 0 Å². The lowest BCUT2D eigenvalue weighted by Crippen LogP contribution is -2.16. The highest BCUT2D eigenvalue weighted by Crippen LogP contribution is 2.34. The molecule has 1 fully saturated rings. The normalized spacial score (nSPS) is 19.7. The van der Waals surface area contributed by atoms with E-state index in [9.17, 15) is 22.0 Å². The number of rotatable bonds is 7. The van der Waals surface area contributed by atoms with Gasteiger partial charge >= 0.3 is 6.36 Å². The van der Waals surface area contributed by atoms with Crippen LogP contribution in [0.1, 0.15) is 57.4 Å². The van der Waals surface area contributed by atoms with Crippen molar-refractivity contribution in [1.29, 1.82) is 0 Å². The SMILES string of the molecule is CCC1CCC(CCCc2cc(F)c(-c3ccc(OC(F)(F)F)cc3)c(F)c2)CC1. The highest BCUT2D eigenvalue weighted by Gasteiger charge is 2.31. The van der Waals surface area contributed by atoms with E-state index in [4.69, 9.17) is 0 Å². The Kier molecular flexibility index (Phi) is 7.37. The van der Waals surface area contributed by atoms with Crippen LogP contribution < -0.4 is 4.74 Å². The summed E-state index contributed by atoms with van der Waals surface area (Å²) in [6.07, 6.45) is 4.07. The van der Waals surface area contributed by atoms with E-state index in [0.29, 0.717) is 17.9 Å². The molecule has 0 aromatic heterocycles. The van der Waals surface area contributed by atoms with Gasteiger partial charge in [-0.1, -0.05) is 57.6 Å². The summed E-state index contributed by atoms with van der Waals surface area (Å²) in [4.78, 5) is 0. The molecule has 1 aliphatic carbocycles. The van der Waals surface area contributed by atoms with Crippen LogP contribution in [-0.4, -0.2) is 6.36 Å². The average Bonchev–Trinajstić information content (AvgIpc) is 2.68. The molecule has 2 aromatic rings. The molecule has 0 heterocycles. The van der Waals surface area contributed by atoms with Crippen LogP contribution in [0, 0.1) is 23.5 Å². The number of alkyl halides is 3. The van der Waals surface area contributed by atoms with Crippen molar-refractivity contribution in [2.75, 3.05) is 0 Å². The van der Waals surface area contributed by atoms with Gasteiger partial charge in [-0.2, -0.15) is 0 Å². The van der Waals surface area contributed by atoms with E-state index in [0.717, 1.165) is 30.9 Å². The highest BCUT2D eigenvalue weighted by atomic mass is 19.4. The Hall–Kier alpha value is -2.11. The second kappa shape index (κ2) is 9.80. The summed E-state index contributed by atoms with van der Waals surface area (Å²) in [6.45, 7) is 2.24. The number of hydrogen-bond acceptors (Lipinski definition) is 1. The molecular weight excluding hydrogens is 399 g/mol. The van der Waals surface area contributed by atoms with Gasteiger partial charge in [0.2, 0.25) is 0 Å². The summed E-state index contributed by atoms with van der Waals surface area (Å²) in [5.41, 5.74) is 0.530. The third-order valence-corrected chi connectivity index (χ3v) is 6.10. The maximum Gasteiger partial charge on any atom is 0.573 e. The predicted octanol–water partition coefficient (Wildman–Crippen LogP) is 8.07. The zero-order valence-corrected chi connectivity index (χ0v) is 17.1. The van der Waals surface area contributed by atoms with Crippen LogP contribution in [0.25, 0.3) is 11.1 Å². The van der Waals surface area contributed by atoms with Crippen molar-refractivity contribution in [2.45, 2.75) is 64.7 Å². The van der Waals surface area contributed by atoms with E-state index in [1.54, 1.807) is 0 Å². The molecule has 0 aliphatic heterocycles. The maximum atomic E-state index is 14.6. The molecule has 1 aliphatic rings. The van der Waals surface area contributed by atoms with Gasteiger partial charge in [0.15, 0.2) is 0 Å². The summed E-state index contributed by atoms with van der Waals surface area (Å²) in [5.74, 6) is -0.294. The van der Waals surface area contributed by atoms with Crippen LogP contribution in [-0.2, 0) is 6.42 Å². The molecule has 6 heteroatoms. The van der Waals surface area contributed by atoms with Crippen molar-refractivity contribution < 1.29 is 26.7 Å². The molecule has 0 bridgehead atoms. The summed E-state index contributed by atoms with van der Waals surface area (Å²) >= 11 is 0. The van der Waals surface area contributed by atoms with Crippen LogP contribution in [0.2, 0.25) is 0 Å². The van der Waals surface area contributed by atoms with Crippen molar-refractivity contribution in [3.8, 4) is 16.9 Å². The quantitative estimate of drug-likeness (QED) is 0.407. The number of aryl methyl sites for hydroxylation is 1. The molecule has 0 spiro atoms. The molecule has 0 N–H and O–H groups in total. The summed E-state index contributed by atoms with van der Waals surface area (Å²) in [5, 5.41) is 0. The zero-order chi connectivity index (χ0) is 21.7. The minimum absolute atomic E-state index is 0.166. The lowest BCUT2D eigenvalue weighted by molar-refractivity contribution is -0.274. The Bertz CT molecular complexity index is 797. The van der Waals surface area contributed by atoms with E-state index in [-0.39, 0.29) is 11.1 Å². The third kappa shape index (κ3) is 6.19. The predicted molar refractivity (Wildman–Crippen MR) is 107 cm³/mol. The first-order valence-corrected chi connectivity index (χ1v) is 10.6. The topological polar surface area (TPSA) is 9.23 Å². The number of halogens is 5. The van der Waals surface area contributed by atoms with Crippen LogP contribution >= 0.6 is 0 Å². The molecular formula is C24H27F5O. The smallest absolute Gasteiger partial charge is 0.406 e. The Morgan fingerprint density at radius 1 is 0.900 bits per heavy atom. The molecule has 1 saturated carbocycles. The van der Waals surface area contributed by atoms with Crippen molar-refractivity contribution in [3.05, 3.63) is 53.6 Å². The lowest BCUT2D eigenvalue weighted by atomic mass is 9.79. The first kappa shape index (κ1) is 22.6. The Balaban J connectivity index is 1.60. The molecule has 164 valence electrons. The van der Waals surface area contributed by atoms with E-state index in [1.807, 2.05) is 0 Å². The Morgan fingerprint density at radius 2 is 1.47 bits per heavy atom. The van der Waals surface area contributed by atoms with Gasteiger partial charge in [-0.25, -0.2) is 8.78 Å². The second-order valence-electron chi connectivity index (χ2n) is 8.19. The molecule has 3 rings (SSSR count). The van der Waals surface area contributed by atoms with Crippen LogP contribution in [0.15, 0.2) is 36.4 Å². The maximum absolute atomic E-state index is 14.6. The third-order valence-electron chi connectivity index (χ3n) is 6.10. The van der Waals surface area contributed by atoms with Crippen molar-refractivity contribution >= 4 is 0 Å². The minimum atomic E-state index is -4.81. The van der Waals surface area contributed by atoms with Crippen molar-refractivity contribution in [3.63, 3.8) is 0 Å². The van der Waals surface area contributed by atoms with Gasteiger partial charge in [0.05, 0.1) is 5.56 Å². The molecule has 0 radical (unpaired) electrons. The van der Waals surface area contributed by atoms with Crippen LogP contribution in [0.3, 0.4) is 0 Å². The van der Waals surface area contributed by atoms with Gasteiger partial charge in [0.1, 0.15) is 17.4 Å². The lowest BCUT2D eigenvalue weighted by Gasteiger charge is -2.27. The molecule has 1 nitrogen and oxygen atoms in total. The summed E-state index contributed by atoms with van der Waals surface area (Å²) in [7, 11) is 0. The molecule has 0 saturated heterocycles. The number of benzene rings is 2. The van der Waals surface area contributed by atoms with Crippen molar-refractivity contribution in [2.24, 2.45) is 11.8 Å². The largest absolute Gasteiger partial charge is 0.573 e. The number of hydrogen-bond donors (Lipinski definition) is 0.